The first-order chi connectivity index (χ1) is 9.65. The molecule has 4 heteroatoms. The van der Waals surface area contributed by atoms with Crippen molar-refractivity contribution in [3.05, 3.63) is 29.8 Å². The highest BCUT2D eigenvalue weighted by atomic mass is 16.5. The van der Waals surface area contributed by atoms with Gasteiger partial charge in [-0.2, -0.15) is 0 Å². The fourth-order valence-electron chi connectivity index (χ4n) is 1.89. The van der Waals surface area contributed by atoms with Gasteiger partial charge in [0.25, 0.3) is 0 Å². The molecular formula is C16H24N2O2. The van der Waals surface area contributed by atoms with Crippen molar-refractivity contribution in [1.29, 1.82) is 0 Å². The van der Waals surface area contributed by atoms with Crippen LogP contribution in [0.15, 0.2) is 24.3 Å². The van der Waals surface area contributed by atoms with Gasteiger partial charge in [-0.1, -0.05) is 32.0 Å². The lowest BCUT2D eigenvalue weighted by atomic mass is 10.2. The van der Waals surface area contributed by atoms with Crippen LogP contribution in [0.5, 0.6) is 5.75 Å². The molecule has 0 heterocycles. The summed E-state index contributed by atoms with van der Waals surface area (Å²) in [5.41, 5.74) is 1.13. The van der Waals surface area contributed by atoms with Crippen molar-refractivity contribution >= 4 is 5.91 Å². The average Bonchev–Trinajstić information content (AvgIpc) is 3.21. The fourth-order valence-corrected chi connectivity index (χ4v) is 1.89. The molecule has 4 nitrogen and oxygen atoms in total. The van der Waals surface area contributed by atoms with Crippen LogP contribution in [0.1, 0.15) is 38.7 Å². The molecule has 2 rings (SSSR count). The van der Waals surface area contributed by atoms with Crippen molar-refractivity contribution in [2.24, 2.45) is 0 Å². The van der Waals surface area contributed by atoms with Crippen molar-refractivity contribution < 1.29 is 9.53 Å². The van der Waals surface area contributed by atoms with Crippen LogP contribution in [-0.4, -0.2) is 24.6 Å². The summed E-state index contributed by atoms with van der Waals surface area (Å²) < 4.78 is 5.74. The summed E-state index contributed by atoms with van der Waals surface area (Å²) in [5.74, 6) is 0.949. The van der Waals surface area contributed by atoms with E-state index < -0.39 is 0 Å². The highest BCUT2D eigenvalue weighted by molar-refractivity contribution is 5.76. The molecule has 0 saturated heterocycles. The van der Waals surface area contributed by atoms with Gasteiger partial charge in [0.2, 0.25) is 5.91 Å². The number of amides is 1. The monoisotopic (exact) mass is 276 g/mol. The lowest BCUT2D eigenvalue weighted by Crippen LogP contribution is -2.27. The van der Waals surface area contributed by atoms with E-state index in [1.807, 2.05) is 18.2 Å². The third-order valence-electron chi connectivity index (χ3n) is 3.20. The van der Waals surface area contributed by atoms with Gasteiger partial charge in [0, 0.05) is 24.2 Å². The SMILES string of the molecule is CC(C)NCc1ccccc1OCCC(=O)NC1CC1. The molecule has 0 aromatic heterocycles. The predicted octanol–water partition coefficient (Wildman–Crippen LogP) is 2.23. The van der Waals surface area contributed by atoms with Gasteiger partial charge in [-0.3, -0.25) is 4.79 Å². The van der Waals surface area contributed by atoms with Gasteiger partial charge in [-0.05, 0) is 18.9 Å². The number of carbonyl (C=O) groups excluding carboxylic acids is 1. The Labute approximate surface area is 120 Å². The molecule has 110 valence electrons. The Morgan fingerprint density at radius 3 is 2.80 bits per heavy atom. The zero-order valence-corrected chi connectivity index (χ0v) is 12.3. The Balaban J connectivity index is 1.77. The summed E-state index contributed by atoms with van der Waals surface area (Å²) in [5, 5.41) is 6.34. The zero-order valence-electron chi connectivity index (χ0n) is 12.3. The van der Waals surface area contributed by atoms with E-state index in [0.29, 0.717) is 25.1 Å². The highest BCUT2D eigenvalue weighted by Gasteiger charge is 2.22. The largest absolute Gasteiger partial charge is 0.493 e. The standard InChI is InChI=1S/C16H24N2O2/c1-12(2)17-11-13-5-3-4-6-15(13)20-10-9-16(19)18-14-7-8-14/h3-6,12,14,17H,7-11H2,1-2H3,(H,18,19). The van der Waals surface area contributed by atoms with E-state index in [2.05, 4.69) is 30.5 Å². The second-order valence-corrected chi connectivity index (χ2v) is 5.58. The molecule has 0 radical (unpaired) electrons. The van der Waals surface area contributed by atoms with Crippen molar-refractivity contribution in [3.8, 4) is 5.75 Å². The predicted molar refractivity (Wildman–Crippen MR) is 79.7 cm³/mol. The van der Waals surface area contributed by atoms with Gasteiger partial charge in [0.1, 0.15) is 5.75 Å². The summed E-state index contributed by atoms with van der Waals surface area (Å²) in [7, 11) is 0. The quantitative estimate of drug-likeness (QED) is 0.765. The van der Waals surface area contributed by atoms with Crippen molar-refractivity contribution in [3.63, 3.8) is 0 Å². The van der Waals surface area contributed by atoms with Crippen LogP contribution in [-0.2, 0) is 11.3 Å². The average molecular weight is 276 g/mol. The summed E-state index contributed by atoms with van der Waals surface area (Å²) in [4.78, 5) is 11.6. The van der Waals surface area contributed by atoms with Crippen LogP contribution in [0.25, 0.3) is 0 Å². The number of rotatable bonds is 8. The Morgan fingerprint density at radius 2 is 2.10 bits per heavy atom. The topological polar surface area (TPSA) is 50.4 Å². The molecule has 0 bridgehead atoms. The molecule has 1 saturated carbocycles. The van der Waals surface area contributed by atoms with E-state index in [1.54, 1.807) is 0 Å². The lowest BCUT2D eigenvalue weighted by molar-refractivity contribution is -0.121. The van der Waals surface area contributed by atoms with Gasteiger partial charge < -0.3 is 15.4 Å². The van der Waals surface area contributed by atoms with Crippen LogP contribution in [0.3, 0.4) is 0 Å². The van der Waals surface area contributed by atoms with Crippen LogP contribution in [0, 0.1) is 0 Å². The number of para-hydroxylation sites is 1. The highest BCUT2D eigenvalue weighted by Crippen LogP contribution is 2.19. The van der Waals surface area contributed by atoms with Gasteiger partial charge in [-0.15, -0.1) is 0 Å². The van der Waals surface area contributed by atoms with E-state index in [0.717, 1.165) is 30.7 Å². The molecule has 0 aliphatic heterocycles. The Hall–Kier alpha value is -1.55. The van der Waals surface area contributed by atoms with E-state index in [1.165, 1.54) is 0 Å². The molecule has 1 fully saturated rings. The summed E-state index contributed by atoms with van der Waals surface area (Å²) in [6, 6.07) is 8.82. The minimum absolute atomic E-state index is 0.0882. The molecule has 2 N–H and O–H groups in total. The van der Waals surface area contributed by atoms with Gasteiger partial charge >= 0.3 is 0 Å². The van der Waals surface area contributed by atoms with Gasteiger partial charge in [0.05, 0.1) is 13.0 Å². The Morgan fingerprint density at radius 1 is 1.35 bits per heavy atom. The smallest absolute Gasteiger partial charge is 0.223 e. The van der Waals surface area contributed by atoms with E-state index in [-0.39, 0.29) is 5.91 Å². The normalized spacial score (nSPS) is 14.3. The molecule has 0 unspecified atom stereocenters. The number of nitrogens with one attached hydrogen (secondary N) is 2. The molecular weight excluding hydrogens is 252 g/mol. The zero-order chi connectivity index (χ0) is 14.4. The first-order valence-corrected chi connectivity index (χ1v) is 7.38. The van der Waals surface area contributed by atoms with Crippen molar-refractivity contribution in [2.45, 2.75) is 51.7 Å². The number of ether oxygens (including phenoxy) is 1. The first kappa shape index (κ1) is 14.9. The molecule has 0 atom stereocenters. The summed E-state index contributed by atoms with van der Waals surface area (Å²) >= 11 is 0. The first-order valence-electron chi connectivity index (χ1n) is 7.38. The Kier molecular flexibility index (Phi) is 5.41. The van der Waals surface area contributed by atoms with Crippen molar-refractivity contribution in [2.75, 3.05) is 6.61 Å². The summed E-state index contributed by atoms with van der Waals surface area (Å²) in [6.07, 6.45) is 2.66. The third kappa shape index (κ3) is 5.21. The van der Waals surface area contributed by atoms with E-state index in [4.69, 9.17) is 4.74 Å². The molecule has 1 aliphatic rings. The number of carbonyl (C=O) groups is 1. The maximum absolute atomic E-state index is 11.6. The van der Waals surface area contributed by atoms with E-state index in [9.17, 15) is 4.79 Å². The van der Waals surface area contributed by atoms with Crippen molar-refractivity contribution in [1.82, 2.24) is 10.6 Å². The van der Waals surface area contributed by atoms with Crippen LogP contribution in [0.4, 0.5) is 0 Å². The van der Waals surface area contributed by atoms with E-state index >= 15 is 0 Å². The lowest BCUT2D eigenvalue weighted by Gasteiger charge is -2.13. The maximum atomic E-state index is 11.6. The second kappa shape index (κ2) is 7.29. The third-order valence-corrected chi connectivity index (χ3v) is 3.20. The van der Waals surface area contributed by atoms with Gasteiger partial charge in [-0.25, -0.2) is 0 Å². The fraction of sp³-hybridized carbons (Fsp3) is 0.562. The molecule has 1 aliphatic carbocycles. The minimum atomic E-state index is 0.0882. The Bertz CT molecular complexity index is 442. The molecule has 0 spiro atoms. The minimum Gasteiger partial charge on any atom is -0.493 e. The summed E-state index contributed by atoms with van der Waals surface area (Å²) in [6.45, 7) is 5.44. The maximum Gasteiger partial charge on any atom is 0.223 e. The second-order valence-electron chi connectivity index (χ2n) is 5.58. The molecule has 1 amide bonds. The molecule has 20 heavy (non-hydrogen) atoms. The number of hydrogen-bond donors (Lipinski definition) is 2. The number of hydrogen-bond acceptors (Lipinski definition) is 3. The van der Waals surface area contributed by atoms with Crippen LogP contribution >= 0.6 is 0 Å². The number of benzene rings is 1. The van der Waals surface area contributed by atoms with Crippen LogP contribution < -0.4 is 15.4 Å². The molecule has 1 aromatic carbocycles. The van der Waals surface area contributed by atoms with Crippen LogP contribution in [0.2, 0.25) is 0 Å². The molecule has 1 aromatic rings. The van der Waals surface area contributed by atoms with Gasteiger partial charge in [0.15, 0.2) is 0 Å².